The van der Waals surface area contributed by atoms with Crippen LogP contribution in [0, 0.1) is 11.3 Å². The molecule has 0 fully saturated rings. The van der Waals surface area contributed by atoms with Gasteiger partial charge in [0.25, 0.3) is 5.91 Å². The third-order valence-corrected chi connectivity index (χ3v) is 6.07. The number of hydrogen-bond donors (Lipinski definition) is 1. The molecule has 0 unspecified atom stereocenters. The van der Waals surface area contributed by atoms with Gasteiger partial charge in [0.2, 0.25) is 0 Å². The number of carbonyl (C=O) groups is 1. The van der Waals surface area contributed by atoms with E-state index in [-0.39, 0.29) is 11.6 Å². The normalized spacial score (nSPS) is 12.0. The van der Waals surface area contributed by atoms with Crippen molar-refractivity contribution in [2.75, 3.05) is 0 Å². The van der Waals surface area contributed by atoms with Crippen LogP contribution in [0.3, 0.4) is 0 Å². The van der Waals surface area contributed by atoms with Crippen LogP contribution in [-0.4, -0.2) is 5.91 Å². The number of amides is 1. The van der Waals surface area contributed by atoms with E-state index in [1.165, 1.54) is 0 Å². The van der Waals surface area contributed by atoms with Crippen LogP contribution in [0.1, 0.15) is 29.7 Å². The number of ether oxygens (including phenoxy) is 1. The van der Waals surface area contributed by atoms with Crippen LogP contribution in [0.2, 0.25) is 5.02 Å². The van der Waals surface area contributed by atoms with E-state index >= 15 is 0 Å². The van der Waals surface area contributed by atoms with Gasteiger partial charge < -0.3 is 10.1 Å². The zero-order valence-electron chi connectivity index (χ0n) is 17.1. The van der Waals surface area contributed by atoms with Gasteiger partial charge in [-0.15, -0.1) is 0 Å². The van der Waals surface area contributed by atoms with Gasteiger partial charge in [0.1, 0.15) is 24.0 Å². The van der Waals surface area contributed by atoms with Crippen LogP contribution in [0.25, 0.3) is 6.08 Å². The van der Waals surface area contributed by atoms with E-state index in [1.54, 1.807) is 18.2 Å². The summed E-state index contributed by atoms with van der Waals surface area (Å²) in [6.07, 6.45) is 1.55. The average molecular weight is 575 g/mol. The molecule has 32 heavy (non-hydrogen) atoms. The minimum absolute atomic E-state index is 0.0152. The summed E-state index contributed by atoms with van der Waals surface area (Å²) in [5.74, 6) is 0.192. The van der Waals surface area contributed by atoms with Gasteiger partial charge in [-0.1, -0.05) is 54.1 Å². The molecule has 3 aromatic rings. The van der Waals surface area contributed by atoms with Gasteiger partial charge in [0, 0.05) is 5.02 Å². The van der Waals surface area contributed by atoms with E-state index in [9.17, 15) is 10.1 Å². The van der Waals surface area contributed by atoms with Crippen molar-refractivity contribution in [3.05, 3.63) is 103 Å². The molecule has 162 valence electrons. The minimum Gasteiger partial charge on any atom is -0.487 e. The molecule has 0 radical (unpaired) electrons. The predicted octanol–water partition coefficient (Wildman–Crippen LogP) is 7.23. The fraction of sp³-hybridized carbons (Fsp3) is 0.120. The molecule has 0 aliphatic rings. The molecule has 3 aromatic carbocycles. The van der Waals surface area contributed by atoms with Crippen molar-refractivity contribution in [2.24, 2.45) is 0 Å². The number of benzene rings is 3. The number of halogens is 3. The average Bonchev–Trinajstić information content (AvgIpc) is 2.78. The first-order valence-corrected chi connectivity index (χ1v) is 11.7. The van der Waals surface area contributed by atoms with E-state index in [0.29, 0.717) is 31.9 Å². The summed E-state index contributed by atoms with van der Waals surface area (Å²) in [5.41, 5.74) is 2.64. The Bertz CT molecular complexity index is 1150. The van der Waals surface area contributed by atoms with Crippen molar-refractivity contribution >= 4 is 55.4 Å². The second-order valence-electron chi connectivity index (χ2n) is 7.00. The Labute approximate surface area is 209 Å². The summed E-state index contributed by atoms with van der Waals surface area (Å²) in [4.78, 5) is 12.6. The van der Waals surface area contributed by atoms with Gasteiger partial charge in [-0.25, -0.2) is 0 Å². The number of hydrogen-bond acceptors (Lipinski definition) is 3. The predicted molar refractivity (Wildman–Crippen MR) is 134 cm³/mol. The van der Waals surface area contributed by atoms with Crippen molar-refractivity contribution in [1.29, 1.82) is 5.26 Å². The van der Waals surface area contributed by atoms with Gasteiger partial charge in [0.05, 0.1) is 15.0 Å². The van der Waals surface area contributed by atoms with Crippen LogP contribution in [0.4, 0.5) is 0 Å². The molecule has 0 heterocycles. The van der Waals surface area contributed by atoms with Crippen LogP contribution in [0.5, 0.6) is 5.75 Å². The smallest absolute Gasteiger partial charge is 0.262 e. The Morgan fingerprint density at radius 1 is 1.12 bits per heavy atom. The molecule has 0 aromatic heterocycles. The number of nitrogens with one attached hydrogen (secondary N) is 1. The summed E-state index contributed by atoms with van der Waals surface area (Å²) in [5, 5.41) is 13.1. The van der Waals surface area contributed by atoms with E-state index < -0.39 is 5.91 Å². The lowest BCUT2D eigenvalue weighted by atomic mass is 10.1. The van der Waals surface area contributed by atoms with Crippen LogP contribution < -0.4 is 10.1 Å². The standard InChI is InChI=1S/C25H19Br2ClN2O2/c1-16(19-5-3-2-4-6-19)30-25(31)20(14-29)11-18-12-22(26)24(23(27)13-18)32-15-17-7-9-21(28)10-8-17/h2-13,16H,15H2,1H3,(H,30,31)/b20-11-/t16-/m1/s1. The molecule has 0 saturated heterocycles. The molecule has 0 aliphatic carbocycles. The molecule has 0 saturated carbocycles. The summed E-state index contributed by atoms with van der Waals surface area (Å²) in [7, 11) is 0. The second kappa shape index (κ2) is 11.3. The van der Waals surface area contributed by atoms with Crippen LogP contribution in [0.15, 0.2) is 81.2 Å². The fourth-order valence-corrected chi connectivity index (χ4v) is 4.53. The lowest BCUT2D eigenvalue weighted by molar-refractivity contribution is -0.117. The molecule has 4 nitrogen and oxygen atoms in total. The molecule has 1 amide bonds. The van der Waals surface area contributed by atoms with Crippen molar-refractivity contribution < 1.29 is 9.53 Å². The van der Waals surface area contributed by atoms with Gasteiger partial charge in [-0.05, 0) is 85.8 Å². The Kier molecular flexibility index (Phi) is 8.52. The molecule has 7 heteroatoms. The van der Waals surface area contributed by atoms with Crippen molar-refractivity contribution in [3.8, 4) is 11.8 Å². The summed E-state index contributed by atoms with van der Waals surface area (Å²) < 4.78 is 7.32. The Hall–Kier alpha value is -2.59. The minimum atomic E-state index is -0.431. The van der Waals surface area contributed by atoms with Crippen LogP contribution in [-0.2, 0) is 11.4 Å². The molecule has 0 bridgehead atoms. The molecular formula is C25H19Br2ClN2O2. The maximum Gasteiger partial charge on any atom is 0.262 e. The van der Waals surface area contributed by atoms with Crippen molar-refractivity contribution in [2.45, 2.75) is 19.6 Å². The first-order chi connectivity index (χ1) is 15.4. The van der Waals surface area contributed by atoms with Gasteiger partial charge in [-0.3, -0.25) is 4.79 Å². The monoisotopic (exact) mass is 572 g/mol. The highest BCUT2D eigenvalue weighted by Crippen LogP contribution is 2.36. The van der Waals surface area contributed by atoms with Gasteiger partial charge >= 0.3 is 0 Å². The van der Waals surface area contributed by atoms with Gasteiger partial charge in [-0.2, -0.15) is 5.26 Å². The summed E-state index contributed by atoms with van der Waals surface area (Å²) >= 11 is 12.9. The quantitative estimate of drug-likeness (QED) is 0.239. The molecule has 3 rings (SSSR count). The highest BCUT2D eigenvalue weighted by Gasteiger charge is 2.15. The molecule has 1 atom stereocenters. The number of carbonyl (C=O) groups excluding carboxylic acids is 1. The van der Waals surface area contributed by atoms with Crippen LogP contribution >= 0.6 is 43.5 Å². The van der Waals surface area contributed by atoms with E-state index in [1.807, 2.05) is 67.6 Å². The SMILES string of the molecule is C[C@@H](NC(=O)/C(C#N)=C\c1cc(Br)c(OCc2ccc(Cl)cc2)c(Br)c1)c1ccccc1. The van der Waals surface area contributed by atoms with E-state index in [2.05, 4.69) is 37.2 Å². The summed E-state index contributed by atoms with van der Waals surface area (Å²) in [6.45, 7) is 2.25. The third kappa shape index (κ3) is 6.46. The summed E-state index contributed by atoms with van der Waals surface area (Å²) in [6, 6.07) is 22.4. The number of nitrogens with zero attached hydrogens (tertiary/aromatic N) is 1. The first kappa shape index (κ1) is 24.1. The zero-order chi connectivity index (χ0) is 23.1. The lowest BCUT2D eigenvalue weighted by Crippen LogP contribution is -2.27. The Balaban J connectivity index is 1.74. The third-order valence-electron chi connectivity index (χ3n) is 4.64. The Morgan fingerprint density at radius 2 is 1.75 bits per heavy atom. The zero-order valence-corrected chi connectivity index (χ0v) is 21.0. The van der Waals surface area contributed by atoms with Gasteiger partial charge in [0.15, 0.2) is 0 Å². The molecule has 1 N–H and O–H groups in total. The molecule has 0 spiro atoms. The highest BCUT2D eigenvalue weighted by molar-refractivity contribution is 9.11. The maximum atomic E-state index is 12.6. The van der Waals surface area contributed by atoms with E-state index in [4.69, 9.17) is 16.3 Å². The maximum absolute atomic E-state index is 12.6. The topological polar surface area (TPSA) is 62.1 Å². The molecular weight excluding hydrogens is 556 g/mol. The largest absolute Gasteiger partial charge is 0.487 e. The lowest BCUT2D eigenvalue weighted by Gasteiger charge is -2.14. The fourth-order valence-electron chi connectivity index (χ4n) is 2.95. The highest BCUT2D eigenvalue weighted by atomic mass is 79.9. The number of nitriles is 1. The molecule has 0 aliphatic heterocycles. The van der Waals surface area contributed by atoms with E-state index in [0.717, 1.165) is 11.1 Å². The Morgan fingerprint density at radius 3 is 2.34 bits per heavy atom. The number of rotatable bonds is 7. The van der Waals surface area contributed by atoms with Crippen molar-refractivity contribution in [1.82, 2.24) is 5.32 Å². The first-order valence-electron chi connectivity index (χ1n) is 9.71. The van der Waals surface area contributed by atoms with Crippen molar-refractivity contribution in [3.63, 3.8) is 0 Å². The second-order valence-corrected chi connectivity index (χ2v) is 9.15.